The minimum Gasteiger partial charge on any atom is -0.456 e. The monoisotopic (exact) mass is 1720 g/mol. The highest BCUT2D eigenvalue weighted by Crippen LogP contribution is 2.59. The third kappa shape index (κ3) is 12.6. The van der Waals surface area contributed by atoms with Gasteiger partial charge in [-0.1, -0.05) is 295 Å². The van der Waals surface area contributed by atoms with Crippen molar-refractivity contribution in [2.24, 2.45) is 0 Å². The number of anilines is 6. The summed E-state index contributed by atoms with van der Waals surface area (Å²) in [7, 11) is 0. The maximum absolute atomic E-state index is 9.89. The first kappa shape index (κ1) is 76.5. The Morgan fingerprint density at radius 3 is 1.00 bits per heavy atom. The van der Waals surface area contributed by atoms with Gasteiger partial charge in [0.05, 0.1) is 22.4 Å². The highest BCUT2D eigenvalue weighted by Gasteiger charge is 2.47. The molecular formula is C125H98BN3O4. The minimum atomic E-state index is -2.62. The zero-order valence-corrected chi connectivity index (χ0v) is 76.6. The molecule has 0 bridgehead atoms. The average molecular weight is 1720 g/mol. The van der Waals surface area contributed by atoms with Gasteiger partial charge < -0.3 is 32.0 Å². The van der Waals surface area contributed by atoms with E-state index >= 15 is 0 Å². The smallest absolute Gasteiger partial charge is 0.252 e. The highest BCUT2D eigenvalue weighted by atomic mass is 16.3. The van der Waals surface area contributed by atoms with Crippen molar-refractivity contribution in [1.82, 2.24) is 4.57 Å². The normalized spacial score (nSPS) is 13.5. The van der Waals surface area contributed by atoms with Crippen molar-refractivity contribution in [3.63, 3.8) is 0 Å². The second kappa shape index (κ2) is 29.3. The first-order valence-corrected chi connectivity index (χ1v) is 46.5. The van der Waals surface area contributed by atoms with E-state index in [4.69, 9.17) is 17.7 Å². The Morgan fingerprint density at radius 1 is 0.241 bits per heavy atom. The summed E-state index contributed by atoms with van der Waals surface area (Å²) in [6.45, 7) is 24.8. The molecule has 0 amide bonds. The molecule has 0 unspecified atom stereocenters. The van der Waals surface area contributed by atoms with Gasteiger partial charge in [0.25, 0.3) is 6.71 Å². The van der Waals surface area contributed by atoms with Gasteiger partial charge in [0, 0.05) is 109 Å². The molecule has 0 atom stereocenters. The molecule has 7 heterocycles. The summed E-state index contributed by atoms with van der Waals surface area (Å²) in [5.41, 5.74) is 35.0. The van der Waals surface area contributed by atoms with Crippen LogP contribution in [0.1, 0.15) is 115 Å². The van der Waals surface area contributed by atoms with Crippen molar-refractivity contribution >= 4 is 167 Å². The molecule has 25 rings (SSSR count). The summed E-state index contributed by atoms with van der Waals surface area (Å²) in [5.74, 6) is 0. The molecule has 133 heavy (non-hydrogen) atoms. The van der Waals surface area contributed by atoms with Gasteiger partial charge in [-0.05, 0) is 274 Å². The number of furan rings is 4. The third-order valence-corrected chi connectivity index (χ3v) is 28.5. The van der Waals surface area contributed by atoms with Gasteiger partial charge in [-0.2, -0.15) is 0 Å². The molecule has 2 aliphatic heterocycles. The molecule has 23 aromatic rings. The second-order valence-electron chi connectivity index (χ2n) is 40.8. The summed E-state index contributed by atoms with van der Waals surface area (Å²) in [6.07, 6.45) is 0. The number of aromatic nitrogens is 1. The van der Waals surface area contributed by atoms with Crippen LogP contribution in [0, 0.1) is 6.85 Å². The molecule has 7 nitrogen and oxygen atoms in total. The maximum atomic E-state index is 9.89. The predicted octanol–water partition coefficient (Wildman–Crippen LogP) is 33.6. The Bertz CT molecular complexity index is 8580. The molecule has 8 heteroatoms. The maximum Gasteiger partial charge on any atom is 0.252 e. The lowest BCUT2D eigenvalue weighted by atomic mass is 9.33. The quantitative estimate of drug-likeness (QED) is 0.127. The van der Waals surface area contributed by atoms with Crippen LogP contribution in [0.2, 0.25) is 0 Å². The Balaban J connectivity index is 0.895. The standard InChI is InChI=1S/C125H98BN3O4/c1-73-60-95(85-40-28-48-111-115(85)89-36-20-24-44-107(89)130-111)120(96(61-73)86-41-29-49-112-116(86)90-37-21-25-45-108(90)131-112)128-103-57-52-76(79-63-77(74-32-16-14-17-33-74)62-78(64-79)75-34-18-15-19-35-75)65-100(103)126-99-56-55-84(127-101-58-53-80(122(2,3)4)66-93(101)94-67-81(123(5,6)7)54-59-102(94)127)72-104(99)129(106-71-83(125(11,12)13)70-105(128)119(106)126)121-97(87-42-30-50-113-117(87)91-38-22-26-46-109(91)132-113)68-82(124(8,9)10)69-98(121)88-43-31-51-114-118(88)92-39-23-27-47-110(92)133-114/h14-72H,1-13H3/i1D3. The number of hydrogen-bond donors (Lipinski definition) is 0. The minimum absolute atomic E-state index is 0.150. The fraction of sp³-hybridized carbons (Fsp3) is 0.136. The molecule has 640 valence electrons. The van der Waals surface area contributed by atoms with Gasteiger partial charge in [-0.25, -0.2) is 0 Å². The molecule has 0 spiro atoms. The van der Waals surface area contributed by atoms with Crippen LogP contribution < -0.4 is 26.2 Å². The van der Waals surface area contributed by atoms with Crippen molar-refractivity contribution in [3.8, 4) is 83.6 Å². The molecule has 0 saturated carbocycles. The zero-order chi connectivity index (χ0) is 92.6. The van der Waals surface area contributed by atoms with E-state index in [0.717, 1.165) is 222 Å². The second-order valence-corrected chi connectivity index (χ2v) is 40.8. The molecule has 2 aliphatic rings. The largest absolute Gasteiger partial charge is 0.456 e. The number of para-hydroxylation sites is 4. The highest BCUT2D eigenvalue weighted by molar-refractivity contribution is 7.00. The fourth-order valence-corrected chi connectivity index (χ4v) is 21.8. The van der Waals surface area contributed by atoms with Crippen molar-refractivity contribution in [3.05, 3.63) is 386 Å². The van der Waals surface area contributed by atoms with E-state index in [1.807, 2.05) is 48.5 Å². The molecule has 5 aromatic heterocycles. The summed E-state index contributed by atoms with van der Waals surface area (Å²) in [5, 5.41) is 9.97. The number of rotatable bonds is 10. The number of nitrogens with zero attached hydrogens (tertiary/aromatic N) is 3. The predicted molar refractivity (Wildman–Crippen MR) is 562 cm³/mol. The van der Waals surface area contributed by atoms with E-state index in [1.54, 1.807) is 0 Å². The van der Waals surface area contributed by atoms with Crippen LogP contribution >= 0.6 is 0 Å². The lowest BCUT2D eigenvalue weighted by Gasteiger charge is -2.46. The van der Waals surface area contributed by atoms with Gasteiger partial charge in [0.1, 0.15) is 44.7 Å². The van der Waals surface area contributed by atoms with E-state index in [0.29, 0.717) is 22.3 Å². The van der Waals surface area contributed by atoms with Crippen molar-refractivity contribution in [2.75, 3.05) is 9.80 Å². The molecule has 0 saturated heterocycles. The molecule has 0 radical (unpaired) electrons. The summed E-state index contributed by atoms with van der Waals surface area (Å²) in [4.78, 5) is 5.26. The van der Waals surface area contributed by atoms with E-state index < -0.39 is 24.4 Å². The van der Waals surface area contributed by atoms with Gasteiger partial charge in [0.15, 0.2) is 0 Å². The van der Waals surface area contributed by atoms with Crippen molar-refractivity contribution in [1.29, 1.82) is 0 Å². The van der Waals surface area contributed by atoms with Crippen LogP contribution in [0.5, 0.6) is 0 Å². The summed E-state index contributed by atoms with van der Waals surface area (Å²) < 4.78 is 60.4. The SMILES string of the molecule is [2H]C([2H])([2H])c1cc(-c2cccc3oc4ccccc4c23)c(N2c3ccc(-c4cc(-c5ccccc5)cc(-c5ccccc5)c4)cc3B3c4ccc(-n5c6ccc(C(C)(C)C)cc6c6cc(C(C)(C)C)ccc65)cc4N(c4c(-c5cccc6oc7ccccc7c56)cc(C(C)(C)C)cc4-c4cccc5oc6ccccc6c45)c4cc(C(C)(C)C)cc2c43)c(-c2cccc3oc4ccccc4c23)c1. The van der Waals surface area contributed by atoms with Gasteiger partial charge in [-0.15, -0.1) is 0 Å². The van der Waals surface area contributed by atoms with E-state index in [2.05, 4.69) is 407 Å². The van der Waals surface area contributed by atoms with Crippen LogP contribution in [-0.4, -0.2) is 11.3 Å². The van der Waals surface area contributed by atoms with Crippen LogP contribution in [0.4, 0.5) is 34.1 Å². The zero-order valence-electron chi connectivity index (χ0n) is 79.6. The van der Waals surface area contributed by atoms with Gasteiger partial charge in [0.2, 0.25) is 0 Å². The number of benzene rings is 18. The Morgan fingerprint density at radius 2 is 0.602 bits per heavy atom. The molecule has 0 N–H and O–H groups in total. The first-order valence-electron chi connectivity index (χ1n) is 48.0. The van der Waals surface area contributed by atoms with Crippen LogP contribution in [0.3, 0.4) is 0 Å². The van der Waals surface area contributed by atoms with Crippen molar-refractivity contribution < 1.29 is 21.8 Å². The van der Waals surface area contributed by atoms with Gasteiger partial charge in [-0.3, -0.25) is 0 Å². The number of hydrogen-bond acceptors (Lipinski definition) is 6. The third-order valence-electron chi connectivity index (χ3n) is 28.5. The molecule has 0 aliphatic carbocycles. The van der Waals surface area contributed by atoms with Crippen molar-refractivity contribution in [2.45, 2.75) is 112 Å². The first-order chi connectivity index (χ1) is 65.6. The van der Waals surface area contributed by atoms with E-state index in [1.165, 1.54) is 21.9 Å². The summed E-state index contributed by atoms with van der Waals surface area (Å²) >= 11 is 0. The number of aryl methyl sites for hydroxylation is 1. The Kier molecular flexibility index (Phi) is 16.9. The summed E-state index contributed by atoms with van der Waals surface area (Å²) in [6, 6.07) is 131. The Labute approximate surface area is 778 Å². The Hall–Kier alpha value is -15.4. The fourth-order valence-electron chi connectivity index (χ4n) is 21.8. The van der Waals surface area contributed by atoms with Gasteiger partial charge >= 0.3 is 0 Å². The lowest BCUT2D eigenvalue weighted by molar-refractivity contribution is 0.590. The lowest BCUT2D eigenvalue weighted by Crippen LogP contribution is -2.61. The van der Waals surface area contributed by atoms with Crippen LogP contribution in [0.15, 0.2) is 376 Å². The average Bonchev–Trinajstić information content (AvgIpc) is 0.831. The molecule has 0 fully saturated rings. The molecular weight excluding hydrogens is 1620 g/mol. The van der Waals surface area contributed by atoms with E-state index in [-0.39, 0.29) is 16.4 Å². The molecule has 18 aromatic carbocycles. The number of fused-ring (bicyclic) bond motifs is 19. The van der Waals surface area contributed by atoms with E-state index in [9.17, 15) is 4.11 Å². The van der Waals surface area contributed by atoms with Crippen LogP contribution in [0.25, 0.3) is 193 Å². The topological polar surface area (TPSA) is 64.0 Å². The van der Waals surface area contributed by atoms with Crippen LogP contribution in [-0.2, 0) is 21.7 Å².